The molecule has 3 nitrogen and oxygen atoms in total. The van der Waals surface area contributed by atoms with Gasteiger partial charge in [0, 0.05) is 0 Å². The fraction of sp³-hybridized carbons (Fsp3) is 0.118. The minimum atomic E-state index is 0.478. The highest BCUT2D eigenvalue weighted by Gasteiger charge is 1.93. The zero-order chi connectivity index (χ0) is 14.4. The van der Waals surface area contributed by atoms with E-state index >= 15 is 0 Å². The van der Waals surface area contributed by atoms with Gasteiger partial charge < -0.3 is 10.5 Å². The van der Waals surface area contributed by atoms with Gasteiger partial charge in [-0.15, -0.1) is 0 Å². The van der Waals surface area contributed by atoms with E-state index in [1.807, 2.05) is 61.5 Å². The van der Waals surface area contributed by atoms with Gasteiger partial charge in [0.05, 0.1) is 12.8 Å². The molecule has 0 spiro atoms. The molecule has 3 heteroatoms. The second-order valence-electron chi connectivity index (χ2n) is 4.48. The molecule has 0 radical (unpaired) electrons. The van der Waals surface area contributed by atoms with Crippen LogP contribution in [0.3, 0.4) is 0 Å². The third-order valence-corrected chi connectivity index (χ3v) is 2.82. The van der Waals surface area contributed by atoms with Crippen LogP contribution in [0, 0.1) is 6.92 Å². The van der Waals surface area contributed by atoms with E-state index < -0.39 is 0 Å². The number of rotatable bonds is 4. The number of benzene rings is 2. The van der Waals surface area contributed by atoms with Crippen LogP contribution in [-0.2, 0) is 0 Å². The molecule has 0 fully saturated rings. The highest BCUT2D eigenvalue weighted by molar-refractivity contribution is 5.96. The smallest absolute Gasteiger partial charge is 0.124 e. The van der Waals surface area contributed by atoms with Crippen LogP contribution in [0.4, 0.5) is 5.69 Å². The highest BCUT2D eigenvalue weighted by Crippen LogP contribution is 2.14. The van der Waals surface area contributed by atoms with Crippen molar-refractivity contribution in [2.24, 2.45) is 10.7 Å². The van der Waals surface area contributed by atoms with Crippen LogP contribution in [0.2, 0.25) is 0 Å². The molecular formula is C17H18N2O. The molecule has 102 valence electrons. The number of hydrogen-bond donors (Lipinski definition) is 1. The average Bonchev–Trinajstić information content (AvgIpc) is 2.46. The SMILES string of the molecule is COc1ccc(/C=C/C(N)=Nc2cccc(C)c2)cc1. The summed E-state index contributed by atoms with van der Waals surface area (Å²) in [6, 6.07) is 15.7. The predicted octanol–water partition coefficient (Wildman–Crippen LogP) is 3.71. The van der Waals surface area contributed by atoms with Crippen molar-refractivity contribution in [3.8, 4) is 5.75 Å². The molecule has 0 saturated carbocycles. The van der Waals surface area contributed by atoms with Gasteiger partial charge in [-0.05, 0) is 48.4 Å². The van der Waals surface area contributed by atoms with Crippen molar-refractivity contribution in [3.05, 3.63) is 65.7 Å². The molecule has 0 unspecified atom stereocenters. The van der Waals surface area contributed by atoms with Gasteiger partial charge in [0.2, 0.25) is 0 Å². The second-order valence-corrected chi connectivity index (χ2v) is 4.48. The van der Waals surface area contributed by atoms with Gasteiger partial charge in [0.1, 0.15) is 11.6 Å². The largest absolute Gasteiger partial charge is 0.497 e. The molecule has 0 aliphatic heterocycles. The fourth-order valence-corrected chi connectivity index (χ4v) is 1.78. The van der Waals surface area contributed by atoms with Crippen LogP contribution >= 0.6 is 0 Å². The topological polar surface area (TPSA) is 47.6 Å². The van der Waals surface area contributed by atoms with Crippen molar-refractivity contribution >= 4 is 17.6 Å². The fourth-order valence-electron chi connectivity index (χ4n) is 1.78. The molecule has 0 atom stereocenters. The van der Waals surface area contributed by atoms with Crippen LogP contribution in [0.15, 0.2) is 59.6 Å². The van der Waals surface area contributed by atoms with E-state index in [2.05, 4.69) is 4.99 Å². The molecule has 0 amide bonds. The van der Waals surface area contributed by atoms with E-state index in [1.165, 1.54) is 0 Å². The minimum Gasteiger partial charge on any atom is -0.497 e. The van der Waals surface area contributed by atoms with Gasteiger partial charge in [0.15, 0.2) is 0 Å². The molecule has 0 aromatic heterocycles. The number of aryl methyl sites for hydroxylation is 1. The molecule has 0 aliphatic carbocycles. The number of methoxy groups -OCH3 is 1. The molecule has 0 bridgehead atoms. The van der Waals surface area contributed by atoms with Crippen molar-refractivity contribution in [2.45, 2.75) is 6.92 Å². The molecule has 0 saturated heterocycles. The Morgan fingerprint density at radius 1 is 1.15 bits per heavy atom. The maximum absolute atomic E-state index is 5.90. The summed E-state index contributed by atoms with van der Waals surface area (Å²) < 4.78 is 5.11. The number of nitrogens with zero attached hydrogens (tertiary/aromatic N) is 1. The number of nitrogens with two attached hydrogens (primary N) is 1. The van der Waals surface area contributed by atoms with Crippen molar-refractivity contribution in [2.75, 3.05) is 7.11 Å². The first-order valence-electron chi connectivity index (χ1n) is 6.40. The summed E-state index contributed by atoms with van der Waals surface area (Å²) in [4.78, 5) is 4.35. The van der Waals surface area contributed by atoms with Crippen LogP contribution in [-0.4, -0.2) is 12.9 Å². The third-order valence-electron chi connectivity index (χ3n) is 2.82. The molecule has 2 N–H and O–H groups in total. The van der Waals surface area contributed by atoms with Crippen LogP contribution < -0.4 is 10.5 Å². The van der Waals surface area contributed by atoms with E-state index in [1.54, 1.807) is 13.2 Å². The first-order valence-corrected chi connectivity index (χ1v) is 6.40. The van der Waals surface area contributed by atoms with Gasteiger partial charge in [-0.25, -0.2) is 4.99 Å². The molecule has 0 aliphatic rings. The van der Waals surface area contributed by atoms with Crippen LogP contribution in [0.1, 0.15) is 11.1 Å². The van der Waals surface area contributed by atoms with Crippen molar-refractivity contribution in [3.63, 3.8) is 0 Å². The van der Waals surface area contributed by atoms with Gasteiger partial charge in [-0.1, -0.05) is 30.3 Å². The molecule has 2 aromatic carbocycles. The second kappa shape index (κ2) is 6.57. The Morgan fingerprint density at radius 3 is 2.55 bits per heavy atom. The highest BCUT2D eigenvalue weighted by atomic mass is 16.5. The van der Waals surface area contributed by atoms with Gasteiger partial charge in [-0.3, -0.25) is 0 Å². The van der Waals surface area contributed by atoms with E-state index in [-0.39, 0.29) is 0 Å². The Hall–Kier alpha value is -2.55. The number of aliphatic imine (C=N–C) groups is 1. The van der Waals surface area contributed by atoms with Gasteiger partial charge in [0.25, 0.3) is 0 Å². The lowest BCUT2D eigenvalue weighted by atomic mass is 10.2. The maximum atomic E-state index is 5.90. The number of ether oxygens (including phenoxy) is 1. The monoisotopic (exact) mass is 266 g/mol. The molecule has 0 heterocycles. The van der Waals surface area contributed by atoms with Crippen molar-refractivity contribution in [1.82, 2.24) is 0 Å². The van der Waals surface area contributed by atoms with Crippen LogP contribution in [0.25, 0.3) is 6.08 Å². The number of amidine groups is 1. The summed E-state index contributed by atoms with van der Waals surface area (Å²) >= 11 is 0. The van der Waals surface area contributed by atoms with E-state index in [0.717, 1.165) is 22.6 Å². The van der Waals surface area contributed by atoms with E-state index in [4.69, 9.17) is 10.5 Å². The quantitative estimate of drug-likeness (QED) is 0.677. The normalized spacial score (nSPS) is 11.8. The van der Waals surface area contributed by atoms with Gasteiger partial charge >= 0.3 is 0 Å². The van der Waals surface area contributed by atoms with Crippen LogP contribution in [0.5, 0.6) is 5.75 Å². The summed E-state index contributed by atoms with van der Waals surface area (Å²) in [6.45, 7) is 2.03. The lowest BCUT2D eigenvalue weighted by Gasteiger charge is -1.99. The van der Waals surface area contributed by atoms with Crippen molar-refractivity contribution < 1.29 is 4.74 Å². The summed E-state index contributed by atoms with van der Waals surface area (Å²) in [7, 11) is 1.65. The first kappa shape index (κ1) is 13.9. The van der Waals surface area contributed by atoms with E-state index in [9.17, 15) is 0 Å². The van der Waals surface area contributed by atoms with Crippen molar-refractivity contribution in [1.29, 1.82) is 0 Å². The maximum Gasteiger partial charge on any atom is 0.124 e. The average molecular weight is 266 g/mol. The zero-order valence-electron chi connectivity index (χ0n) is 11.7. The van der Waals surface area contributed by atoms with Gasteiger partial charge in [-0.2, -0.15) is 0 Å². The molecule has 20 heavy (non-hydrogen) atoms. The van der Waals surface area contributed by atoms with E-state index in [0.29, 0.717) is 5.84 Å². The Morgan fingerprint density at radius 2 is 1.90 bits per heavy atom. The standard InChI is InChI=1S/C17H18N2O/c1-13-4-3-5-15(12-13)19-17(18)11-8-14-6-9-16(20-2)10-7-14/h3-12H,1-2H3,(H2,18,19)/b11-8+. The summed E-state index contributed by atoms with van der Waals surface area (Å²) in [6.07, 6.45) is 3.72. The minimum absolute atomic E-state index is 0.478. The summed E-state index contributed by atoms with van der Waals surface area (Å²) in [5.74, 6) is 1.31. The molecule has 2 rings (SSSR count). The lowest BCUT2D eigenvalue weighted by Crippen LogP contribution is -2.06. The number of hydrogen-bond acceptors (Lipinski definition) is 2. The summed E-state index contributed by atoms with van der Waals surface area (Å²) in [5, 5.41) is 0. The first-order chi connectivity index (χ1) is 9.67. The Kier molecular flexibility index (Phi) is 4.56. The molecular weight excluding hydrogens is 248 g/mol. The Balaban J connectivity index is 2.09. The molecule has 2 aromatic rings. The lowest BCUT2D eigenvalue weighted by molar-refractivity contribution is 0.415. The Bertz CT molecular complexity index is 628. The predicted molar refractivity (Wildman–Crippen MR) is 84.5 cm³/mol. The third kappa shape index (κ3) is 3.99. The summed E-state index contributed by atoms with van der Waals surface area (Å²) in [5.41, 5.74) is 8.98. The Labute approximate surface area is 119 Å². The zero-order valence-corrected chi connectivity index (χ0v) is 11.7.